The maximum atomic E-state index is 13.0. The Morgan fingerprint density at radius 2 is 1.84 bits per heavy atom. The predicted octanol–water partition coefficient (Wildman–Crippen LogP) is 4.30. The van der Waals surface area contributed by atoms with E-state index < -0.39 is 0 Å². The number of likely N-dealkylation sites (tertiary alicyclic amines) is 1. The molecule has 164 valence electrons. The third-order valence-electron chi connectivity index (χ3n) is 6.20. The lowest BCUT2D eigenvalue weighted by molar-refractivity contribution is 0.169. The molecule has 2 amide bonds. The monoisotopic (exact) mass is 429 g/mol. The van der Waals surface area contributed by atoms with Gasteiger partial charge in [-0.1, -0.05) is 36.4 Å². The summed E-state index contributed by atoms with van der Waals surface area (Å²) in [5.41, 5.74) is 3.29. The van der Waals surface area contributed by atoms with Crippen LogP contribution >= 0.6 is 0 Å². The summed E-state index contributed by atoms with van der Waals surface area (Å²) in [6.45, 7) is 5.14. The molecule has 1 aliphatic heterocycles. The summed E-state index contributed by atoms with van der Waals surface area (Å²) in [6.07, 6.45) is 3.21. The fourth-order valence-electron chi connectivity index (χ4n) is 4.62. The van der Waals surface area contributed by atoms with Crippen molar-refractivity contribution >= 4 is 28.0 Å². The zero-order valence-corrected chi connectivity index (χ0v) is 18.3. The van der Waals surface area contributed by atoms with E-state index in [4.69, 9.17) is 0 Å². The van der Waals surface area contributed by atoms with Crippen molar-refractivity contribution in [1.82, 2.24) is 24.8 Å². The van der Waals surface area contributed by atoms with Gasteiger partial charge in [-0.15, -0.1) is 0 Å². The average Bonchev–Trinajstić information content (AvgIpc) is 3.14. The molecule has 32 heavy (non-hydrogen) atoms. The van der Waals surface area contributed by atoms with Gasteiger partial charge >= 0.3 is 11.7 Å². The van der Waals surface area contributed by atoms with E-state index in [9.17, 15) is 9.59 Å². The highest BCUT2D eigenvalue weighted by Gasteiger charge is 2.27. The Morgan fingerprint density at radius 1 is 1.09 bits per heavy atom. The van der Waals surface area contributed by atoms with Gasteiger partial charge in [-0.2, -0.15) is 0 Å². The number of carbonyl (C=O) groups excluding carboxylic acids is 1. The number of fused-ring (bicyclic) bond motifs is 2. The van der Waals surface area contributed by atoms with E-state index in [-0.39, 0.29) is 23.8 Å². The zero-order chi connectivity index (χ0) is 22.2. The second kappa shape index (κ2) is 8.15. The summed E-state index contributed by atoms with van der Waals surface area (Å²) in [7, 11) is 0. The van der Waals surface area contributed by atoms with Crippen molar-refractivity contribution < 1.29 is 4.79 Å². The normalized spacial score (nSPS) is 15.0. The number of carbonyl (C=O) groups is 1. The van der Waals surface area contributed by atoms with Crippen LogP contribution in [0.3, 0.4) is 0 Å². The van der Waals surface area contributed by atoms with E-state index in [1.165, 1.54) is 5.39 Å². The van der Waals surface area contributed by atoms with Crippen molar-refractivity contribution in [3.05, 3.63) is 65.2 Å². The number of benzene rings is 2. The quantitative estimate of drug-likeness (QED) is 0.509. The van der Waals surface area contributed by atoms with Crippen LogP contribution in [0, 0.1) is 0 Å². The molecule has 0 unspecified atom stereocenters. The molecule has 0 bridgehead atoms. The third kappa shape index (κ3) is 3.64. The van der Waals surface area contributed by atoms with Crippen molar-refractivity contribution in [3.8, 4) is 11.1 Å². The summed E-state index contributed by atoms with van der Waals surface area (Å²) < 4.78 is 1.78. The van der Waals surface area contributed by atoms with Gasteiger partial charge in [-0.3, -0.25) is 4.57 Å². The van der Waals surface area contributed by atoms with Crippen LogP contribution in [0.15, 0.2) is 59.5 Å². The molecule has 7 heteroatoms. The van der Waals surface area contributed by atoms with E-state index in [0.29, 0.717) is 18.7 Å². The number of hydrogen-bond donors (Lipinski definition) is 2. The molecule has 0 atom stereocenters. The number of rotatable bonds is 3. The van der Waals surface area contributed by atoms with Crippen LogP contribution in [0.1, 0.15) is 32.7 Å². The smallest absolute Gasteiger partial charge is 0.327 e. The Morgan fingerprint density at radius 3 is 2.59 bits per heavy atom. The molecule has 0 spiro atoms. The fourth-order valence-corrected chi connectivity index (χ4v) is 4.62. The van der Waals surface area contributed by atoms with E-state index in [2.05, 4.69) is 45.6 Å². The first-order valence-corrected chi connectivity index (χ1v) is 11.1. The Labute approximate surface area is 186 Å². The Kier molecular flexibility index (Phi) is 5.17. The SMILES string of the molecule is CC(C)NC(=O)N1CCC(n2c(=O)[nH]c3c(-c4ccc5ccccc5c4)ccnc32)CC1. The molecule has 0 saturated carbocycles. The lowest BCUT2D eigenvalue weighted by Gasteiger charge is -2.32. The molecule has 7 nitrogen and oxygen atoms in total. The van der Waals surface area contributed by atoms with Crippen LogP contribution < -0.4 is 11.0 Å². The Hall–Kier alpha value is -3.61. The van der Waals surface area contributed by atoms with Crippen LogP contribution in [-0.2, 0) is 0 Å². The number of urea groups is 1. The van der Waals surface area contributed by atoms with Crippen molar-refractivity contribution in [3.63, 3.8) is 0 Å². The van der Waals surface area contributed by atoms with E-state index in [0.717, 1.165) is 34.9 Å². The number of aromatic nitrogens is 3. The number of imidazole rings is 1. The van der Waals surface area contributed by atoms with E-state index >= 15 is 0 Å². The molecule has 5 rings (SSSR count). The third-order valence-corrected chi connectivity index (χ3v) is 6.20. The van der Waals surface area contributed by atoms with Crippen molar-refractivity contribution in [2.45, 2.75) is 38.8 Å². The maximum Gasteiger partial charge on any atom is 0.327 e. The second-order valence-electron chi connectivity index (χ2n) is 8.74. The standard InChI is InChI=1S/C25H27N5O2/c1-16(2)27-24(31)29-13-10-20(11-14-29)30-23-22(28-25(30)32)21(9-12-26-23)19-8-7-17-5-3-4-6-18(17)15-19/h3-9,12,15-16,20H,10-11,13-14H2,1-2H3,(H,27,31)(H,28,32). The fraction of sp³-hybridized carbons (Fsp3) is 0.320. The van der Waals surface area contributed by atoms with Gasteiger partial charge in [0, 0.05) is 36.9 Å². The highest BCUT2D eigenvalue weighted by Crippen LogP contribution is 2.31. The molecule has 2 N–H and O–H groups in total. The molecule has 0 aliphatic carbocycles. The first-order valence-electron chi connectivity index (χ1n) is 11.1. The topological polar surface area (TPSA) is 83.0 Å². The Balaban J connectivity index is 1.47. The molecule has 1 saturated heterocycles. The first kappa shape index (κ1) is 20.3. The molecule has 3 heterocycles. The summed E-state index contributed by atoms with van der Waals surface area (Å²) in [6, 6.07) is 16.6. The zero-order valence-electron chi connectivity index (χ0n) is 18.3. The minimum absolute atomic E-state index is 0.0127. The molecule has 2 aromatic carbocycles. The number of nitrogens with zero attached hydrogens (tertiary/aromatic N) is 3. The molecular weight excluding hydrogens is 402 g/mol. The molecular formula is C25H27N5O2. The summed E-state index contributed by atoms with van der Waals surface area (Å²) in [5, 5.41) is 5.28. The van der Waals surface area contributed by atoms with Crippen molar-refractivity contribution in [2.75, 3.05) is 13.1 Å². The number of aromatic amines is 1. The van der Waals surface area contributed by atoms with Crippen LogP contribution in [0.4, 0.5) is 4.79 Å². The largest absolute Gasteiger partial charge is 0.336 e. The maximum absolute atomic E-state index is 13.0. The number of amides is 2. The van der Waals surface area contributed by atoms with Gasteiger partial charge in [0.25, 0.3) is 0 Å². The minimum atomic E-state index is -0.147. The minimum Gasteiger partial charge on any atom is -0.336 e. The summed E-state index contributed by atoms with van der Waals surface area (Å²) >= 11 is 0. The lowest BCUT2D eigenvalue weighted by Crippen LogP contribution is -2.47. The highest BCUT2D eigenvalue weighted by molar-refractivity contribution is 5.94. The predicted molar refractivity (Wildman–Crippen MR) is 127 cm³/mol. The van der Waals surface area contributed by atoms with E-state index in [1.54, 1.807) is 10.8 Å². The summed E-state index contributed by atoms with van der Waals surface area (Å²) in [5.74, 6) is 0. The van der Waals surface area contributed by atoms with Gasteiger partial charge < -0.3 is 15.2 Å². The second-order valence-corrected chi connectivity index (χ2v) is 8.74. The number of piperidine rings is 1. The van der Waals surface area contributed by atoms with Gasteiger partial charge in [0.2, 0.25) is 0 Å². The van der Waals surface area contributed by atoms with Gasteiger partial charge in [-0.05, 0) is 55.2 Å². The van der Waals surface area contributed by atoms with Crippen molar-refractivity contribution in [2.24, 2.45) is 0 Å². The molecule has 1 fully saturated rings. The molecule has 2 aromatic heterocycles. The van der Waals surface area contributed by atoms with Crippen LogP contribution in [0.5, 0.6) is 0 Å². The van der Waals surface area contributed by atoms with Crippen LogP contribution in [0.2, 0.25) is 0 Å². The number of nitrogens with one attached hydrogen (secondary N) is 2. The van der Waals surface area contributed by atoms with Gasteiger partial charge in [0.1, 0.15) is 0 Å². The molecule has 1 aliphatic rings. The molecule has 4 aromatic rings. The number of H-pyrrole nitrogens is 1. The first-order chi connectivity index (χ1) is 15.5. The average molecular weight is 430 g/mol. The van der Waals surface area contributed by atoms with Gasteiger partial charge in [0.15, 0.2) is 5.65 Å². The summed E-state index contributed by atoms with van der Waals surface area (Å²) in [4.78, 5) is 34.7. The Bertz CT molecular complexity index is 1350. The van der Waals surface area contributed by atoms with Crippen LogP contribution in [-0.4, -0.2) is 44.6 Å². The van der Waals surface area contributed by atoms with Crippen LogP contribution in [0.25, 0.3) is 33.1 Å². The van der Waals surface area contributed by atoms with Crippen molar-refractivity contribution in [1.29, 1.82) is 0 Å². The van der Waals surface area contributed by atoms with E-state index in [1.807, 2.05) is 36.9 Å². The highest BCUT2D eigenvalue weighted by atomic mass is 16.2. The lowest BCUT2D eigenvalue weighted by atomic mass is 10.0. The van der Waals surface area contributed by atoms with Gasteiger partial charge in [0.05, 0.1) is 5.52 Å². The molecule has 0 radical (unpaired) electrons. The van der Waals surface area contributed by atoms with Gasteiger partial charge in [-0.25, -0.2) is 14.6 Å². The number of pyridine rings is 1. The number of hydrogen-bond acceptors (Lipinski definition) is 3.